The van der Waals surface area contributed by atoms with Crippen LogP contribution in [0.2, 0.25) is 0 Å². The number of rotatable bonds is 7. The summed E-state index contributed by atoms with van der Waals surface area (Å²) in [6.07, 6.45) is 7.81. The van der Waals surface area contributed by atoms with Crippen molar-refractivity contribution in [2.45, 2.75) is 83.0 Å². The van der Waals surface area contributed by atoms with E-state index in [1.165, 1.54) is 0 Å². The van der Waals surface area contributed by atoms with Gasteiger partial charge in [-0.25, -0.2) is 14.4 Å². The van der Waals surface area contributed by atoms with Gasteiger partial charge in [-0.3, -0.25) is 0 Å². The van der Waals surface area contributed by atoms with E-state index in [4.69, 9.17) is 14.2 Å². The summed E-state index contributed by atoms with van der Waals surface area (Å²) < 4.78 is 18.5. The first kappa shape index (κ1) is 31.5. The molecule has 4 saturated carbocycles. The highest BCUT2D eigenvalue weighted by molar-refractivity contribution is 5.85. The maximum Gasteiger partial charge on any atom is 0.362 e. The lowest BCUT2D eigenvalue weighted by Gasteiger charge is -2.63. The van der Waals surface area contributed by atoms with Crippen molar-refractivity contribution in [1.29, 1.82) is 0 Å². The first-order valence-corrected chi connectivity index (χ1v) is 15.9. The van der Waals surface area contributed by atoms with Crippen molar-refractivity contribution in [3.05, 3.63) is 11.6 Å². The highest BCUT2D eigenvalue weighted by atomic mass is 16.6. The van der Waals surface area contributed by atoms with Gasteiger partial charge in [0.15, 0.2) is 13.1 Å². The predicted octanol–water partition coefficient (Wildman–Crippen LogP) is 3.09. The van der Waals surface area contributed by atoms with E-state index in [2.05, 4.69) is 13.8 Å². The van der Waals surface area contributed by atoms with Crippen LogP contribution in [0.3, 0.4) is 0 Å². The lowest BCUT2D eigenvalue weighted by molar-refractivity contribution is -0.862. The number of hydrogen-bond acceptors (Lipinski definition) is 7. The molecule has 0 radical (unpaired) electrons. The van der Waals surface area contributed by atoms with Gasteiger partial charge in [-0.2, -0.15) is 0 Å². The lowest BCUT2D eigenvalue weighted by atomic mass is 9.43. The normalized spacial score (nSPS) is 41.6. The minimum absolute atomic E-state index is 0.0386. The molecule has 5 aliphatic rings. The third-order valence-electron chi connectivity index (χ3n) is 11.7. The summed E-state index contributed by atoms with van der Waals surface area (Å²) in [6.45, 7) is 5.36. The number of aliphatic hydroxyl groups is 1. The molecule has 4 fully saturated rings. The molecular weight excluding hydrogens is 536 g/mol. The maximum absolute atomic E-state index is 13.1. The van der Waals surface area contributed by atoms with Gasteiger partial charge in [-0.05, 0) is 73.7 Å². The highest BCUT2D eigenvalue weighted by Gasteiger charge is 2.71. The summed E-state index contributed by atoms with van der Waals surface area (Å²) in [4.78, 5) is 37.8. The minimum Gasteiger partial charge on any atom is -0.458 e. The maximum atomic E-state index is 13.1. The molecular formula is C33H54N2O7+2. The number of nitrogens with zero attached hydrogens (tertiary/aromatic N) is 2. The molecule has 42 heavy (non-hydrogen) atoms. The van der Waals surface area contributed by atoms with Crippen molar-refractivity contribution >= 4 is 17.9 Å². The lowest BCUT2D eigenvalue weighted by Crippen LogP contribution is -2.62. The van der Waals surface area contributed by atoms with Crippen LogP contribution in [-0.4, -0.2) is 112 Å². The van der Waals surface area contributed by atoms with Crippen LogP contribution < -0.4 is 0 Å². The number of carbonyl (C=O) groups is 3. The Hall–Kier alpha value is -1.97. The summed E-state index contributed by atoms with van der Waals surface area (Å²) in [5.74, 6) is -0.152. The highest BCUT2D eigenvalue weighted by Crippen LogP contribution is 2.70. The Labute approximate surface area is 251 Å². The average molecular weight is 591 g/mol. The SMILES string of the molecule is C[C@]12CC[C@H](OC(=O)C[N+](C)(C)C)C[C@H]1CC[C@@H]1[C@@H]2CC[C@@]2(C)[C@@H](C3=CC(=O)OC3)[C@@H](OC(=O)C[N+](C)(C)C)C[C@]12O. The van der Waals surface area contributed by atoms with Gasteiger partial charge < -0.3 is 28.3 Å². The quantitative estimate of drug-likeness (QED) is 0.276. The van der Waals surface area contributed by atoms with Crippen LogP contribution >= 0.6 is 0 Å². The number of esters is 3. The Morgan fingerprint density at radius 1 is 0.929 bits per heavy atom. The third-order valence-corrected chi connectivity index (χ3v) is 11.7. The van der Waals surface area contributed by atoms with Gasteiger partial charge in [-0.1, -0.05) is 13.8 Å². The Bertz CT molecular complexity index is 1140. The monoisotopic (exact) mass is 590 g/mol. The van der Waals surface area contributed by atoms with E-state index in [0.29, 0.717) is 33.8 Å². The molecule has 0 spiro atoms. The summed E-state index contributed by atoms with van der Waals surface area (Å²) >= 11 is 0. The van der Waals surface area contributed by atoms with Gasteiger partial charge in [0, 0.05) is 23.8 Å². The molecule has 1 heterocycles. The average Bonchev–Trinajstić information content (AvgIpc) is 3.34. The second-order valence-corrected chi connectivity index (χ2v) is 16.7. The number of likely N-dealkylation sites (N-methyl/N-ethyl adjacent to an activating group) is 2. The standard InChI is InChI=1S/C33H54N2O7/c1-31-13-11-23(41-28(37)18-34(3,4)5)16-22(31)9-10-25-24(31)12-14-32(2)30(21-15-27(36)40-20-21)26(17-33(25,32)39)42-29(38)19-35(6,7)8/h15,22-26,30,39H,9-14,16-20H2,1-8H3/q+2/t22-,23+,24+,25-,26+,30+,31+,32+,33+/m1/s1. The molecule has 1 aliphatic heterocycles. The summed E-state index contributed by atoms with van der Waals surface area (Å²) in [7, 11) is 11.9. The van der Waals surface area contributed by atoms with Gasteiger partial charge in [0.05, 0.1) is 47.9 Å². The number of carbonyl (C=O) groups excluding carboxylic acids is 3. The summed E-state index contributed by atoms with van der Waals surface area (Å²) in [5.41, 5.74) is -0.647. The van der Waals surface area contributed by atoms with Gasteiger partial charge in [0.25, 0.3) is 0 Å². The van der Waals surface area contributed by atoms with Crippen LogP contribution in [0.5, 0.6) is 0 Å². The summed E-state index contributed by atoms with van der Waals surface area (Å²) in [6, 6.07) is 0. The van der Waals surface area contributed by atoms with E-state index in [9.17, 15) is 19.5 Å². The number of ether oxygens (including phenoxy) is 3. The Morgan fingerprint density at radius 2 is 1.57 bits per heavy atom. The first-order valence-electron chi connectivity index (χ1n) is 15.9. The zero-order valence-electron chi connectivity index (χ0n) is 27.1. The second-order valence-electron chi connectivity index (χ2n) is 16.7. The van der Waals surface area contributed by atoms with E-state index in [0.717, 1.165) is 50.5 Å². The largest absolute Gasteiger partial charge is 0.458 e. The molecule has 9 atom stereocenters. The molecule has 0 aromatic rings. The molecule has 0 aromatic carbocycles. The van der Waals surface area contributed by atoms with Crippen LogP contribution in [0.1, 0.15) is 65.2 Å². The van der Waals surface area contributed by atoms with Crippen molar-refractivity contribution in [2.24, 2.45) is 34.5 Å². The molecule has 4 aliphatic carbocycles. The first-order chi connectivity index (χ1) is 19.3. The van der Waals surface area contributed by atoms with Crippen LogP contribution in [0, 0.1) is 34.5 Å². The number of hydrogen-bond donors (Lipinski definition) is 1. The molecule has 9 nitrogen and oxygen atoms in total. The molecule has 0 amide bonds. The molecule has 5 rings (SSSR count). The fraction of sp³-hybridized carbons (Fsp3) is 0.848. The predicted molar refractivity (Wildman–Crippen MR) is 157 cm³/mol. The van der Waals surface area contributed by atoms with Gasteiger partial charge in [-0.15, -0.1) is 0 Å². The Morgan fingerprint density at radius 3 is 2.17 bits per heavy atom. The Balaban J connectivity index is 1.37. The molecule has 0 bridgehead atoms. The molecule has 0 aromatic heterocycles. The molecule has 9 heteroatoms. The van der Waals surface area contributed by atoms with Crippen molar-refractivity contribution in [3.8, 4) is 0 Å². The van der Waals surface area contributed by atoms with Crippen LogP contribution in [-0.2, 0) is 28.6 Å². The van der Waals surface area contributed by atoms with Crippen LogP contribution in [0.25, 0.3) is 0 Å². The zero-order chi connectivity index (χ0) is 30.9. The van der Waals surface area contributed by atoms with Crippen molar-refractivity contribution in [2.75, 3.05) is 62.0 Å². The number of cyclic esters (lactones) is 1. The molecule has 0 unspecified atom stereocenters. The number of fused-ring (bicyclic) bond motifs is 5. The van der Waals surface area contributed by atoms with Gasteiger partial charge in [0.1, 0.15) is 18.8 Å². The zero-order valence-corrected chi connectivity index (χ0v) is 27.1. The number of quaternary nitrogens is 2. The fourth-order valence-corrected chi connectivity index (χ4v) is 9.84. The van der Waals surface area contributed by atoms with Gasteiger partial charge in [0.2, 0.25) is 0 Å². The van der Waals surface area contributed by atoms with Crippen molar-refractivity contribution in [3.63, 3.8) is 0 Å². The second kappa shape index (κ2) is 10.6. The third kappa shape index (κ3) is 5.65. The Kier molecular flexibility index (Phi) is 7.93. The van der Waals surface area contributed by atoms with Crippen molar-refractivity contribution < 1.29 is 42.7 Å². The summed E-state index contributed by atoms with van der Waals surface area (Å²) in [5, 5.41) is 12.8. The van der Waals surface area contributed by atoms with Crippen molar-refractivity contribution in [1.82, 2.24) is 0 Å². The topological polar surface area (TPSA) is 99.1 Å². The molecule has 0 saturated heterocycles. The van der Waals surface area contributed by atoms with E-state index in [1.807, 2.05) is 42.3 Å². The van der Waals surface area contributed by atoms with Crippen LogP contribution in [0.15, 0.2) is 11.6 Å². The smallest absolute Gasteiger partial charge is 0.362 e. The van der Waals surface area contributed by atoms with Gasteiger partial charge >= 0.3 is 17.9 Å². The van der Waals surface area contributed by atoms with E-state index >= 15 is 0 Å². The molecule has 1 N–H and O–H groups in total. The van der Waals surface area contributed by atoms with E-state index in [1.54, 1.807) is 6.08 Å². The van der Waals surface area contributed by atoms with E-state index in [-0.39, 0.29) is 54.4 Å². The minimum atomic E-state index is -1.02. The van der Waals surface area contributed by atoms with E-state index < -0.39 is 17.1 Å². The molecule has 236 valence electrons. The fourth-order valence-electron chi connectivity index (χ4n) is 9.84. The van der Waals surface area contributed by atoms with Crippen LogP contribution in [0.4, 0.5) is 0 Å².